The van der Waals surface area contributed by atoms with E-state index in [4.69, 9.17) is 5.11 Å². The zero-order valence-electron chi connectivity index (χ0n) is 9.48. The first-order valence-corrected chi connectivity index (χ1v) is 4.63. The van der Waals surface area contributed by atoms with Gasteiger partial charge >= 0.3 is 0 Å². The SMILES string of the molecule is O=[N+]([O-])c1ccccc1.Oc1ccccc1.[Na]. The van der Waals surface area contributed by atoms with Gasteiger partial charge in [-0.1, -0.05) is 36.4 Å². The Balaban J connectivity index is 0.000000292. The van der Waals surface area contributed by atoms with Crippen LogP contribution in [-0.2, 0) is 0 Å². The molecule has 0 heterocycles. The van der Waals surface area contributed by atoms with Gasteiger partial charge in [-0.25, -0.2) is 0 Å². The van der Waals surface area contributed by atoms with Gasteiger partial charge in [0.1, 0.15) is 5.75 Å². The van der Waals surface area contributed by atoms with Crippen LogP contribution in [-0.4, -0.2) is 39.6 Å². The first kappa shape index (κ1) is 15.6. The van der Waals surface area contributed by atoms with Crippen LogP contribution in [0.3, 0.4) is 0 Å². The molecule has 0 saturated carbocycles. The summed E-state index contributed by atoms with van der Waals surface area (Å²) in [4.78, 5) is 9.59. The number of phenols is 1. The van der Waals surface area contributed by atoms with E-state index in [0.29, 0.717) is 5.75 Å². The Labute approximate surface area is 121 Å². The van der Waals surface area contributed by atoms with Gasteiger partial charge in [-0.15, -0.1) is 0 Å². The maximum atomic E-state index is 10.0. The van der Waals surface area contributed by atoms with Crippen molar-refractivity contribution >= 4 is 35.2 Å². The molecule has 0 spiro atoms. The summed E-state index contributed by atoms with van der Waals surface area (Å²) in [5.41, 5.74) is 0.137. The maximum Gasteiger partial charge on any atom is 0.269 e. The molecule has 0 bridgehead atoms. The summed E-state index contributed by atoms with van der Waals surface area (Å²) in [6.07, 6.45) is 0. The van der Waals surface area contributed by atoms with Gasteiger partial charge in [-0.3, -0.25) is 10.1 Å². The van der Waals surface area contributed by atoms with Crippen LogP contribution in [0.2, 0.25) is 0 Å². The molecule has 0 aliphatic heterocycles. The number of hydrogen-bond donors (Lipinski definition) is 1. The molecule has 17 heavy (non-hydrogen) atoms. The summed E-state index contributed by atoms with van der Waals surface area (Å²) in [5.74, 6) is 0.322. The van der Waals surface area contributed by atoms with Crippen molar-refractivity contribution in [2.24, 2.45) is 0 Å². The molecule has 0 aromatic heterocycles. The number of nitrogens with zero attached hydrogens (tertiary/aromatic N) is 1. The second kappa shape index (κ2) is 8.75. The van der Waals surface area contributed by atoms with Crippen molar-refractivity contribution < 1.29 is 10.0 Å². The van der Waals surface area contributed by atoms with E-state index in [1.165, 1.54) is 12.1 Å². The molecule has 4 nitrogen and oxygen atoms in total. The second-order valence-corrected chi connectivity index (χ2v) is 2.93. The van der Waals surface area contributed by atoms with Crippen molar-refractivity contribution in [2.75, 3.05) is 0 Å². The van der Waals surface area contributed by atoms with Crippen molar-refractivity contribution in [3.63, 3.8) is 0 Å². The molecule has 0 saturated heterocycles. The van der Waals surface area contributed by atoms with Crippen LogP contribution >= 0.6 is 0 Å². The molecule has 2 rings (SSSR count). The zero-order valence-corrected chi connectivity index (χ0v) is 11.5. The predicted octanol–water partition coefficient (Wildman–Crippen LogP) is 2.61. The Morgan fingerprint density at radius 3 is 1.53 bits per heavy atom. The van der Waals surface area contributed by atoms with Gasteiger partial charge in [0.2, 0.25) is 0 Å². The summed E-state index contributed by atoms with van der Waals surface area (Å²) in [6.45, 7) is 0. The van der Waals surface area contributed by atoms with Gasteiger partial charge in [0.25, 0.3) is 5.69 Å². The quantitative estimate of drug-likeness (QED) is 0.473. The monoisotopic (exact) mass is 240 g/mol. The minimum Gasteiger partial charge on any atom is -0.508 e. The van der Waals surface area contributed by atoms with Gasteiger partial charge in [-0.05, 0) is 12.1 Å². The third-order valence-corrected chi connectivity index (χ3v) is 1.72. The first-order valence-electron chi connectivity index (χ1n) is 4.63. The number of aromatic hydroxyl groups is 1. The van der Waals surface area contributed by atoms with Crippen LogP contribution < -0.4 is 0 Å². The van der Waals surface area contributed by atoms with Crippen LogP contribution in [0.4, 0.5) is 5.69 Å². The third kappa shape index (κ3) is 6.73. The molecule has 1 N–H and O–H groups in total. The van der Waals surface area contributed by atoms with E-state index in [1.54, 1.807) is 42.5 Å². The number of nitro benzene ring substituents is 1. The molecule has 0 fully saturated rings. The Morgan fingerprint density at radius 1 is 0.882 bits per heavy atom. The van der Waals surface area contributed by atoms with E-state index < -0.39 is 4.92 Å². The minimum atomic E-state index is -0.417. The molecule has 0 amide bonds. The van der Waals surface area contributed by atoms with Gasteiger partial charge in [0.05, 0.1) is 4.92 Å². The molecule has 0 atom stereocenters. The Hall–Kier alpha value is -1.36. The molecule has 0 unspecified atom stereocenters. The first-order chi connectivity index (χ1) is 7.70. The normalized spacial score (nSPS) is 8.24. The number of rotatable bonds is 1. The van der Waals surface area contributed by atoms with Crippen molar-refractivity contribution in [3.8, 4) is 5.75 Å². The molecule has 83 valence electrons. The van der Waals surface area contributed by atoms with Crippen molar-refractivity contribution in [1.29, 1.82) is 0 Å². The minimum absolute atomic E-state index is 0. The molecule has 2 aromatic carbocycles. The summed E-state index contributed by atoms with van der Waals surface area (Å²) in [5, 5.41) is 18.6. The van der Waals surface area contributed by atoms with E-state index in [2.05, 4.69) is 0 Å². The van der Waals surface area contributed by atoms with Crippen molar-refractivity contribution in [3.05, 3.63) is 70.8 Å². The Morgan fingerprint density at radius 2 is 1.29 bits per heavy atom. The maximum absolute atomic E-state index is 10.0. The van der Waals surface area contributed by atoms with Gasteiger partial charge in [0.15, 0.2) is 0 Å². The van der Waals surface area contributed by atoms with Gasteiger partial charge in [0, 0.05) is 41.7 Å². The molecular formula is C12H11NNaO3. The summed E-state index contributed by atoms with van der Waals surface area (Å²) in [6, 6.07) is 16.6. The molecule has 1 radical (unpaired) electrons. The number of benzene rings is 2. The summed E-state index contributed by atoms with van der Waals surface area (Å²) in [7, 11) is 0. The summed E-state index contributed by atoms with van der Waals surface area (Å²) < 4.78 is 0. The average Bonchev–Trinajstić information content (AvgIpc) is 2.32. The van der Waals surface area contributed by atoms with E-state index in [1.807, 2.05) is 6.07 Å². The fourth-order valence-electron chi connectivity index (χ4n) is 0.978. The van der Waals surface area contributed by atoms with Crippen LogP contribution in [0.25, 0.3) is 0 Å². The average molecular weight is 240 g/mol. The van der Waals surface area contributed by atoms with E-state index in [-0.39, 0.29) is 35.2 Å². The van der Waals surface area contributed by atoms with Crippen LogP contribution in [0.1, 0.15) is 0 Å². The fraction of sp³-hybridized carbons (Fsp3) is 0. The number of phenolic OH excluding ortho intramolecular Hbond substituents is 1. The third-order valence-electron chi connectivity index (χ3n) is 1.72. The predicted molar refractivity (Wildman–Crippen MR) is 67.0 cm³/mol. The van der Waals surface area contributed by atoms with Crippen LogP contribution in [0.15, 0.2) is 60.7 Å². The van der Waals surface area contributed by atoms with Crippen molar-refractivity contribution in [2.45, 2.75) is 0 Å². The smallest absolute Gasteiger partial charge is 0.269 e. The second-order valence-electron chi connectivity index (χ2n) is 2.93. The largest absolute Gasteiger partial charge is 0.508 e. The van der Waals surface area contributed by atoms with Gasteiger partial charge in [-0.2, -0.15) is 0 Å². The van der Waals surface area contributed by atoms with Crippen molar-refractivity contribution in [1.82, 2.24) is 0 Å². The zero-order chi connectivity index (χ0) is 11.8. The fourth-order valence-corrected chi connectivity index (χ4v) is 0.978. The standard InChI is InChI=1S/C6H5NO2.C6H6O.Na/c8-7(9)6-4-2-1-3-5-6;7-6-4-2-1-3-5-6;/h1-5H;1-5,7H;. The topological polar surface area (TPSA) is 63.4 Å². The number of non-ortho nitro benzene ring substituents is 1. The Bertz CT molecular complexity index is 434. The molecular weight excluding hydrogens is 229 g/mol. The Kier molecular flexibility index (Phi) is 8.05. The molecule has 0 aliphatic rings. The van der Waals surface area contributed by atoms with E-state index in [9.17, 15) is 10.1 Å². The molecule has 2 aromatic rings. The van der Waals surface area contributed by atoms with Crippen LogP contribution in [0, 0.1) is 10.1 Å². The number of para-hydroxylation sites is 2. The van der Waals surface area contributed by atoms with E-state index >= 15 is 0 Å². The molecule has 5 heteroatoms. The summed E-state index contributed by atoms with van der Waals surface area (Å²) >= 11 is 0. The van der Waals surface area contributed by atoms with Gasteiger partial charge < -0.3 is 5.11 Å². The van der Waals surface area contributed by atoms with E-state index in [0.717, 1.165) is 0 Å². The number of hydrogen-bond acceptors (Lipinski definition) is 3. The van der Waals surface area contributed by atoms with Crippen LogP contribution in [0.5, 0.6) is 5.75 Å². The molecule has 0 aliphatic carbocycles. The number of nitro groups is 1.